The molecule has 2 heterocycles. The second-order valence-electron chi connectivity index (χ2n) is 5.43. The van der Waals surface area contributed by atoms with Gasteiger partial charge in [-0.3, -0.25) is 9.59 Å². The van der Waals surface area contributed by atoms with E-state index >= 15 is 0 Å². The van der Waals surface area contributed by atoms with Crippen molar-refractivity contribution >= 4 is 16.8 Å². The summed E-state index contributed by atoms with van der Waals surface area (Å²) in [7, 11) is 0. The Kier molecular flexibility index (Phi) is 3.91. The van der Waals surface area contributed by atoms with Crippen molar-refractivity contribution in [2.24, 2.45) is 5.92 Å². The van der Waals surface area contributed by atoms with E-state index in [1.807, 2.05) is 0 Å². The number of aromatic nitrogens is 1. The van der Waals surface area contributed by atoms with Crippen molar-refractivity contribution < 1.29 is 14.3 Å². The lowest BCUT2D eigenvalue weighted by molar-refractivity contribution is 0.0928. The van der Waals surface area contributed by atoms with Crippen molar-refractivity contribution in [2.45, 2.75) is 6.10 Å². The number of halogens is 1. The van der Waals surface area contributed by atoms with Gasteiger partial charge >= 0.3 is 0 Å². The predicted octanol–water partition coefficient (Wildman–Crippen LogP) is -0.0227. The molecule has 0 spiro atoms. The van der Waals surface area contributed by atoms with Gasteiger partial charge in [-0.05, 0) is 18.2 Å². The Morgan fingerprint density at radius 1 is 1.36 bits per heavy atom. The summed E-state index contributed by atoms with van der Waals surface area (Å²) in [6.45, 7) is 1.44. The van der Waals surface area contributed by atoms with Crippen molar-refractivity contribution in [2.75, 3.05) is 19.6 Å². The lowest BCUT2D eigenvalue weighted by Gasteiger charge is -2.14. The fraction of sp³-hybridized carbons (Fsp3) is 0.333. The minimum atomic E-state index is -0.495. The predicted molar refractivity (Wildman–Crippen MR) is 79.2 cm³/mol. The van der Waals surface area contributed by atoms with Crippen LogP contribution < -0.4 is 16.2 Å². The highest BCUT2D eigenvalue weighted by Crippen LogP contribution is 2.16. The summed E-state index contributed by atoms with van der Waals surface area (Å²) in [5.74, 6) is -0.961. The summed E-state index contributed by atoms with van der Waals surface area (Å²) in [4.78, 5) is 26.4. The Labute approximate surface area is 125 Å². The van der Waals surface area contributed by atoms with Crippen molar-refractivity contribution in [1.82, 2.24) is 15.6 Å². The first-order valence-electron chi connectivity index (χ1n) is 7.04. The minimum Gasteiger partial charge on any atom is -0.391 e. The number of aromatic amines is 1. The summed E-state index contributed by atoms with van der Waals surface area (Å²) in [6.07, 6.45) is -0.495. The maximum Gasteiger partial charge on any atom is 0.252 e. The molecule has 1 saturated heterocycles. The van der Waals surface area contributed by atoms with Crippen LogP contribution in [0.2, 0.25) is 0 Å². The Balaban J connectivity index is 1.85. The number of rotatable bonds is 3. The molecule has 0 aliphatic carbocycles. The van der Waals surface area contributed by atoms with Gasteiger partial charge in [-0.2, -0.15) is 0 Å². The molecule has 6 nitrogen and oxygen atoms in total. The molecule has 7 heteroatoms. The van der Waals surface area contributed by atoms with Crippen molar-refractivity contribution in [3.8, 4) is 0 Å². The number of hydrogen-bond donors (Lipinski definition) is 4. The molecule has 1 fully saturated rings. The number of β-amino-alcohol motifs (C(OH)–C–C–N with tert-alkyl or cyclic N) is 1. The van der Waals surface area contributed by atoms with Crippen LogP contribution in [0.1, 0.15) is 10.4 Å². The molecule has 1 aliphatic rings. The fourth-order valence-electron chi connectivity index (χ4n) is 2.67. The van der Waals surface area contributed by atoms with E-state index < -0.39 is 23.4 Å². The van der Waals surface area contributed by atoms with E-state index in [0.29, 0.717) is 25.0 Å². The molecule has 4 N–H and O–H groups in total. The molecule has 0 radical (unpaired) electrons. The van der Waals surface area contributed by atoms with Gasteiger partial charge in [0.05, 0.1) is 17.2 Å². The first kappa shape index (κ1) is 14.7. The number of carbonyl (C=O) groups excluding carboxylic acids is 1. The van der Waals surface area contributed by atoms with E-state index in [1.54, 1.807) is 0 Å². The molecule has 1 aliphatic heterocycles. The van der Waals surface area contributed by atoms with Crippen LogP contribution in [0.5, 0.6) is 0 Å². The molecule has 116 valence electrons. The van der Waals surface area contributed by atoms with E-state index in [4.69, 9.17) is 0 Å². The van der Waals surface area contributed by atoms with Gasteiger partial charge in [0.2, 0.25) is 5.56 Å². The van der Waals surface area contributed by atoms with Crippen LogP contribution >= 0.6 is 0 Å². The third-order valence-electron chi connectivity index (χ3n) is 3.88. The summed E-state index contributed by atoms with van der Waals surface area (Å²) in [5.41, 5.74) is 0.00484. The molecule has 22 heavy (non-hydrogen) atoms. The van der Waals surface area contributed by atoms with Crippen LogP contribution in [0.4, 0.5) is 4.39 Å². The number of pyridine rings is 1. The van der Waals surface area contributed by atoms with Gasteiger partial charge in [-0.25, -0.2) is 4.39 Å². The SMILES string of the molecule is O=C(NCC1CNCC1O)c1cc(=O)[nH]c2cc(F)ccc12. The zero-order valence-corrected chi connectivity index (χ0v) is 11.7. The second kappa shape index (κ2) is 5.86. The highest BCUT2D eigenvalue weighted by molar-refractivity contribution is 6.05. The van der Waals surface area contributed by atoms with E-state index in [2.05, 4.69) is 15.6 Å². The first-order chi connectivity index (χ1) is 10.5. The first-order valence-corrected chi connectivity index (χ1v) is 7.04. The summed E-state index contributed by atoms with van der Waals surface area (Å²) < 4.78 is 13.2. The molecule has 1 amide bonds. The number of hydrogen-bond acceptors (Lipinski definition) is 4. The summed E-state index contributed by atoms with van der Waals surface area (Å²) >= 11 is 0. The third-order valence-corrected chi connectivity index (χ3v) is 3.88. The van der Waals surface area contributed by atoms with Crippen LogP contribution in [-0.4, -0.2) is 41.7 Å². The molecular formula is C15H16FN3O3. The topological polar surface area (TPSA) is 94.2 Å². The lowest BCUT2D eigenvalue weighted by Crippen LogP contribution is -2.34. The summed E-state index contributed by atoms with van der Waals surface area (Å²) in [6, 6.07) is 5.07. The standard InChI is InChI=1S/C15H16FN3O3/c16-9-1-2-10-11(4-14(21)19-12(10)3-9)15(22)18-6-8-5-17-7-13(8)20/h1-4,8,13,17,20H,5-7H2,(H,18,22)(H,19,21). The largest absolute Gasteiger partial charge is 0.391 e. The van der Waals surface area contributed by atoms with Crippen molar-refractivity contribution in [3.63, 3.8) is 0 Å². The van der Waals surface area contributed by atoms with Crippen LogP contribution in [0.25, 0.3) is 10.9 Å². The molecule has 2 aromatic rings. The zero-order valence-electron chi connectivity index (χ0n) is 11.7. The third kappa shape index (κ3) is 2.86. The van der Waals surface area contributed by atoms with Gasteiger partial charge in [0, 0.05) is 37.0 Å². The minimum absolute atomic E-state index is 0.0605. The number of aliphatic hydroxyl groups is 1. The average molecular weight is 305 g/mol. The van der Waals surface area contributed by atoms with Crippen molar-refractivity contribution in [3.05, 3.63) is 46.0 Å². The van der Waals surface area contributed by atoms with Gasteiger partial charge in [-0.15, -0.1) is 0 Å². The number of H-pyrrole nitrogens is 1. The van der Waals surface area contributed by atoms with Gasteiger partial charge in [-0.1, -0.05) is 0 Å². The number of amides is 1. The highest BCUT2D eigenvalue weighted by atomic mass is 19.1. The van der Waals surface area contributed by atoms with Crippen molar-refractivity contribution in [1.29, 1.82) is 0 Å². The molecule has 0 saturated carbocycles. The van der Waals surface area contributed by atoms with Gasteiger partial charge in [0.25, 0.3) is 5.91 Å². The Morgan fingerprint density at radius 3 is 2.91 bits per heavy atom. The Hall–Kier alpha value is -2.25. The molecule has 0 bridgehead atoms. The molecule has 1 aromatic carbocycles. The molecular weight excluding hydrogens is 289 g/mol. The zero-order chi connectivity index (χ0) is 15.7. The normalized spacial score (nSPS) is 21.2. The maximum atomic E-state index is 13.2. The molecule has 3 rings (SSSR count). The van der Waals surface area contributed by atoms with E-state index in [1.165, 1.54) is 24.3 Å². The number of aliphatic hydroxyl groups excluding tert-OH is 1. The smallest absolute Gasteiger partial charge is 0.252 e. The Morgan fingerprint density at radius 2 is 2.18 bits per heavy atom. The fourth-order valence-corrected chi connectivity index (χ4v) is 2.67. The quantitative estimate of drug-likeness (QED) is 0.641. The second-order valence-corrected chi connectivity index (χ2v) is 5.43. The van der Waals surface area contributed by atoms with Crippen LogP contribution in [0.15, 0.2) is 29.1 Å². The molecule has 2 unspecified atom stereocenters. The van der Waals surface area contributed by atoms with E-state index in [9.17, 15) is 19.1 Å². The van der Waals surface area contributed by atoms with Crippen LogP contribution in [0.3, 0.4) is 0 Å². The number of nitrogens with one attached hydrogen (secondary N) is 3. The average Bonchev–Trinajstić information content (AvgIpc) is 2.88. The van der Waals surface area contributed by atoms with E-state index in [-0.39, 0.29) is 17.0 Å². The maximum absolute atomic E-state index is 13.2. The van der Waals surface area contributed by atoms with Gasteiger partial charge in [0.1, 0.15) is 5.82 Å². The van der Waals surface area contributed by atoms with Crippen LogP contribution in [0, 0.1) is 11.7 Å². The van der Waals surface area contributed by atoms with Gasteiger partial charge in [0.15, 0.2) is 0 Å². The van der Waals surface area contributed by atoms with Gasteiger partial charge < -0.3 is 20.7 Å². The Bertz CT molecular complexity index is 774. The van der Waals surface area contributed by atoms with Crippen LogP contribution in [-0.2, 0) is 0 Å². The summed E-state index contributed by atoms with van der Waals surface area (Å²) in [5, 5.41) is 15.9. The monoisotopic (exact) mass is 305 g/mol. The number of fused-ring (bicyclic) bond motifs is 1. The molecule has 2 atom stereocenters. The van der Waals surface area contributed by atoms with E-state index in [0.717, 1.165) is 0 Å². The lowest BCUT2D eigenvalue weighted by atomic mass is 10.1. The molecule has 1 aromatic heterocycles. The number of carbonyl (C=O) groups is 1. The number of benzene rings is 1. The highest BCUT2D eigenvalue weighted by Gasteiger charge is 2.25.